The van der Waals surface area contributed by atoms with Gasteiger partial charge in [0.25, 0.3) is 0 Å². The molecule has 2 aliphatic carbocycles. The van der Waals surface area contributed by atoms with Crippen molar-refractivity contribution < 1.29 is 5.11 Å². The third-order valence-corrected chi connectivity index (χ3v) is 5.45. The highest BCUT2D eigenvalue weighted by atomic mass is 16.3. The summed E-state index contributed by atoms with van der Waals surface area (Å²) in [6.45, 7) is 9.67. The van der Waals surface area contributed by atoms with Gasteiger partial charge in [-0.25, -0.2) is 0 Å². The van der Waals surface area contributed by atoms with E-state index in [0.717, 1.165) is 17.8 Å². The van der Waals surface area contributed by atoms with Gasteiger partial charge in [0.1, 0.15) is 0 Å². The first-order valence-electron chi connectivity index (χ1n) is 7.26. The van der Waals surface area contributed by atoms with Crippen LogP contribution in [0.3, 0.4) is 0 Å². The van der Waals surface area contributed by atoms with Crippen LogP contribution in [-0.2, 0) is 0 Å². The van der Waals surface area contributed by atoms with E-state index in [9.17, 15) is 5.11 Å². The lowest BCUT2D eigenvalue weighted by atomic mass is 9.54. The van der Waals surface area contributed by atoms with Crippen molar-refractivity contribution in [1.29, 1.82) is 0 Å². The van der Waals surface area contributed by atoms with E-state index >= 15 is 0 Å². The van der Waals surface area contributed by atoms with Crippen LogP contribution in [0, 0.1) is 29.1 Å². The quantitative estimate of drug-likeness (QED) is 0.718. The molecule has 0 aliphatic heterocycles. The van der Waals surface area contributed by atoms with E-state index in [1.165, 1.54) is 25.7 Å². The molecule has 17 heavy (non-hydrogen) atoms. The minimum atomic E-state index is 0.174. The van der Waals surface area contributed by atoms with Gasteiger partial charge in [0.2, 0.25) is 0 Å². The molecule has 98 valence electrons. The molecule has 0 radical (unpaired) electrons. The minimum absolute atomic E-state index is 0.174. The Kier molecular flexibility index (Phi) is 3.68. The fourth-order valence-corrected chi connectivity index (χ4v) is 4.19. The van der Waals surface area contributed by atoms with E-state index in [-0.39, 0.29) is 5.41 Å². The van der Waals surface area contributed by atoms with Gasteiger partial charge in [0.15, 0.2) is 0 Å². The number of hydrogen-bond acceptors (Lipinski definition) is 1. The summed E-state index contributed by atoms with van der Waals surface area (Å²) in [5.41, 5.74) is 1.74. The van der Waals surface area contributed by atoms with Crippen molar-refractivity contribution in [3.63, 3.8) is 0 Å². The Morgan fingerprint density at radius 2 is 2.12 bits per heavy atom. The molecule has 4 atom stereocenters. The van der Waals surface area contributed by atoms with Gasteiger partial charge >= 0.3 is 0 Å². The molecule has 1 fully saturated rings. The van der Waals surface area contributed by atoms with Crippen LogP contribution in [0.5, 0.6) is 0 Å². The van der Waals surface area contributed by atoms with Crippen LogP contribution in [0.1, 0.15) is 53.4 Å². The molecule has 0 heterocycles. The van der Waals surface area contributed by atoms with Crippen LogP contribution in [0.25, 0.3) is 0 Å². The van der Waals surface area contributed by atoms with Gasteiger partial charge in [0, 0.05) is 6.61 Å². The van der Waals surface area contributed by atoms with E-state index in [2.05, 4.69) is 33.8 Å². The third kappa shape index (κ3) is 2.31. The van der Waals surface area contributed by atoms with Gasteiger partial charge in [-0.15, -0.1) is 0 Å². The largest absolute Gasteiger partial charge is 0.396 e. The van der Waals surface area contributed by atoms with Crippen molar-refractivity contribution >= 4 is 0 Å². The second kappa shape index (κ2) is 4.76. The lowest BCUT2D eigenvalue weighted by Crippen LogP contribution is -2.45. The van der Waals surface area contributed by atoms with E-state index in [1.54, 1.807) is 5.57 Å². The minimum Gasteiger partial charge on any atom is -0.396 e. The Morgan fingerprint density at radius 3 is 2.71 bits per heavy atom. The summed E-state index contributed by atoms with van der Waals surface area (Å²) < 4.78 is 0. The average Bonchev–Trinajstić information content (AvgIpc) is 2.28. The summed E-state index contributed by atoms with van der Waals surface area (Å²) in [5, 5.41) is 9.76. The van der Waals surface area contributed by atoms with Crippen molar-refractivity contribution in [3.05, 3.63) is 11.6 Å². The van der Waals surface area contributed by atoms with Gasteiger partial charge < -0.3 is 5.11 Å². The predicted octanol–water partition coefficient (Wildman–Crippen LogP) is 4.02. The summed E-state index contributed by atoms with van der Waals surface area (Å²) in [7, 11) is 0. The molecule has 2 aliphatic rings. The molecular formula is C16H28O. The van der Waals surface area contributed by atoms with Gasteiger partial charge in [-0.05, 0) is 61.7 Å². The van der Waals surface area contributed by atoms with E-state index in [0.29, 0.717) is 12.5 Å². The maximum atomic E-state index is 9.76. The summed E-state index contributed by atoms with van der Waals surface area (Å²) in [6.07, 6.45) is 7.56. The summed E-state index contributed by atoms with van der Waals surface area (Å²) in [5.74, 6) is 3.02. The highest BCUT2D eigenvalue weighted by Gasteiger charge is 2.46. The Morgan fingerprint density at radius 1 is 1.41 bits per heavy atom. The molecule has 0 saturated heterocycles. The maximum absolute atomic E-state index is 9.76. The highest BCUT2D eigenvalue weighted by Crippen LogP contribution is 2.53. The molecule has 2 rings (SSSR count). The monoisotopic (exact) mass is 236 g/mol. The standard InChI is InChI=1S/C16H28O/c1-11(2)13-7-8-16(4,10-17)15-6-5-12(3)9-14(13)15/h9,11,13-15,17H,5-8,10H2,1-4H3/t13-,14+,15-,16-/m1/s1. The zero-order chi connectivity index (χ0) is 12.6. The fraction of sp³-hybridized carbons (Fsp3) is 0.875. The van der Waals surface area contributed by atoms with Crippen LogP contribution in [0.2, 0.25) is 0 Å². The third-order valence-electron chi connectivity index (χ3n) is 5.45. The number of aliphatic hydroxyl groups is 1. The molecule has 0 unspecified atom stereocenters. The second-order valence-corrected chi connectivity index (χ2v) is 6.99. The van der Waals surface area contributed by atoms with Crippen molar-refractivity contribution in [2.45, 2.75) is 53.4 Å². The smallest absolute Gasteiger partial charge is 0.0487 e. The number of hydrogen-bond donors (Lipinski definition) is 1. The van der Waals surface area contributed by atoms with E-state index in [4.69, 9.17) is 0 Å². The second-order valence-electron chi connectivity index (χ2n) is 6.99. The highest BCUT2D eigenvalue weighted by molar-refractivity contribution is 5.13. The molecule has 0 aromatic heterocycles. The Labute approximate surface area is 106 Å². The maximum Gasteiger partial charge on any atom is 0.0487 e. The van der Waals surface area contributed by atoms with Gasteiger partial charge in [-0.1, -0.05) is 32.4 Å². The van der Waals surface area contributed by atoms with Crippen molar-refractivity contribution in [3.8, 4) is 0 Å². The molecular weight excluding hydrogens is 208 g/mol. The zero-order valence-corrected chi connectivity index (χ0v) is 11.9. The summed E-state index contributed by atoms with van der Waals surface area (Å²) in [6, 6.07) is 0. The number of rotatable bonds is 2. The molecule has 0 bridgehead atoms. The SMILES string of the molecule is CC1=C[C@H]2[C@@H](C(C)C)CC[C@](C)(CO)[C@@H]2CC1. The van der Waals surface area contributed by atoms with E-state index in [1.807, 2.05) is 0 Å². The van der Waals surface area contributed by atoms with Gasteiger partial charge in [-0.3, -0.25) is 0 Å². The van der Waals surface area contributed by atoms with Crippen LogP contribution < -0.4 is 0 Å². The Balaban J connectivity index is 2.29. The predicted molar refractivity (Wildman–Crippen MR) is 72.7 cm³/mol. The zero-order valence-electron chi connectivity index (χ0n) is 11.9. The summed E-state index contributed by atoms with van der Waals surface area (Å²) >= 11 is 0. The van der Waals surface area contributed by atoms with Crippen molar-refractivity contribution in [2.24, 2.45) is 29.1 Å². The van der Waals surface area contributed by atoms with E-state index < -0.39 is 0 Å². The van der Waals surface area contributed by atoms with Crippen molar-refractivity contribution in [1.82, 2.24) is 0 Å². The van der Waals surface area contributed by atoms with Crippen LogP contribution >= 0.6 is 0 Å². The molecule has 0 aromatic rings. The summed E-state index contributed by atoms with van der Waals surface area (Å²) in [4.78, 5) is 0. The lowest BCUT2D eigenvalue weighted by Gasteiger charge is -2.51. The lowest BCUT2D eigenvalue weighted by molar-refractivity contribution is -0.0275. The Bertz CT molecular complexity index is 305. The first-order valence-corrected chi connectivity index (χ1v) is 7.26. The molecule has 0 amide bonds. The first-order chi connectivity index (χ1) is 7.98. The number of fused-ring (bicyclic) bond motifs is 1. The molecule has 1 saturated carbocycles. The van der Waals surface area contributed by atoms with Crippen LogP contribution in [0.4, 0.5) is 0 Å². The average molecular weight is 236 g/mol. The molecule has 0 aromatic carbocycles. The molecule has 0 spiro atoms. The van der Waals surface area contributed by atoms with Crippen LogP contribution in [-0.4, -0.2) is 11.7 Å². The Hall–Kier alpha value is -0.300. The fourth-order valence-electron chi connectivity index (χ4n) is 4.19. The molecule has 1 N–H and O–H groups in total. The number of aliphatic hydroxyl groups excluding tert-OH is 1. The topological polar surface area (TPSA) is 20.2 Å². The molecule has 1 heteroatoms. The van der Waals surface area contributed by atoms with Gasteiger partial charge in [-0.2, -0.15) is 0 Å². The normalized spacial score (nSPS) is 42.2. The molecule has 1 nitrogen and oxygen atoms in total. The van der Waals surface area contributed by atoms with Gasteiger partial charge in [0.05, 0.1) is 0 Å². The van der Waals surface area contributed by atoms with Crippen LogP contribution in [0.15, 0.2) is 11.6 Å². The first kappa shape index (κ1) is 13.1. The van der Waals surface area contributed by atoms with Crippen molar-refractivity contribution in [2.75, 3.05) is 6.61 Å². The number of allylic oxidation sites excluding steroid dienone is 2.